The summed E-state index contributed by atoms with van der Waals surface area (Å²) in [6, 6.07) is 13.9. The van der Waals surface area contributed by atoms with Gasteiger partial charge < -0.3 is 25.3 Å². The van der Waals surface area contributed by atoms with E-state index in [9.17, 15) is 14.4 Å². The molecule has 0 fully saturated rings. The summed E-state index contributed by atoms with van der Waals surface area (Å²) in [6.07, 6.45) is 4.44. The lowest BCUT2D eigenvalue weighted by molar-refractivity contribution is -0.177. The Morgan fingerprint density at radius 1 is 0.919 bits per heavy atom. The number of carbonyl (C=O) groups excluding carboxylic acids is 3. The molecular formula is C27H36Cl2N2O6. The Morgan fingerprint density at radius 2 is 1.57 bits per heavy atom. The molecular weight excluding hydrogens is 519 g/mol. The van der Waals surface area contributed by atoms with E-state index in [0.29, 0.717) is 42.3 Å². The number of esters is 2. The van der Waals surface area contributed by atoms with Crippen molar-refractivity contribution in [2.24, 2.45) is 5.73 Å². The largest absolute Gasteiger partial charge is 0.476 e. The number of carbonyl (C=O) groups is 3. The normalized spacial score (nSPS) is 10.7. The lowest BCUT2D eigenvalue weighted by atomic mass is 10.1. The molecule has 10 heteroatoms. The van der Waals surface area contributed by atoms with Crippen molar-refractivity contribution >= 4 is 41.9 Å². The minimum Gasteiger partial charge on any atom is -0.476 e. The number of nitrogens with one attached hydrogen (secondary N) is 1. The smallest absolute Gasteiger partial charge is 0.352 e. The van der Waals surface area contributed by atoms with Gasteiger partial charge in [0.25, 0.3) is 5.91 Å². The third kappa shape index (κ3) is 12.3. The maximum atomic E-state index is 12.4. The molecule has 8 nitrogen and oxygen atoms in total. The van der Waals surface area contributed by atoms with Gasteiger partial charge in [0.05, 0.1) is 0 Å². The third-order valence-corrected chi connectivity index (χ3v) is 5.59. The van der Waals surface area contributed by atoms with Gasteiger partial charge in [-0.2, -0.15) is 0 Å². The van der Waals surface area contributed by atoms with E-state index in [0.717, 1.165) is 24.8 Å². The van der Waals surface area contributed by atoms with Crippen molar-refractivity contribution in [2.45, 2.75) is 58.0 Å². The maximum absolute atomic E-state index is 12.4. The Labute approximate surface area is 229 Å². The molecule has 0 unspecified atom stereocenters. The number of ether oxygens (including phenoxy) is 3. The monoisotopic (exact) mass is 554 g/mol. The molecule has 2 rings (SSSR count). The summed E-state index contributed by atoms with van der Waals surface area (Å²) < 4.78 is 15.8. The van der Waals surface area contributed by atoms with Crippen LogP contribution in [0.1, 0.15) is 61.9 Å². The number of rotatable bonds is 15. The Hall–Kier alpha value is -2.81. The molecule has 0 aliphatic rings. The first kappa shape index (κ1) is 32.2. The van der Waals surface area contributed by atoms with Crippen molar-refractivity contribution in [3.63, 3.8) is 0 Å². The van der Waals surface area contributed by atoms with Crippen LogP contribution in [0, 0.1) is 0 Å². The summed E-state index contributed by atoms with van der Waals surface area (Å²) in [7, 11) is 0. The van der Waals surface area contributed by atoms with Crippen LogP contribution in [0.5, 0.6) is 5.75 Å². The first-order chi connectivity index (χ1) is 17.2. The number of unbranched alkanes of at least 4 members (excludes halogenated alkanes) is 3. The predicted octanol–water partition coefficient (Wildman–Crippen LogP) is 4.84. The number of halogens is 2. The molecule has 0 aromatic heterocycles. The van der Waals surface area contributed by atoms with E-state index in [2.05, 4.69) is 5.32 Å². The van der Waals surface area contributed by atoms with Gasteiger partial charge in [-0.1, -0.05) is 36.6 Å². The number of hydrogen-bond donors (Lipinski definition) is 2. The van der Waals surface area contributed by atoms with E-state index < -0.39 is 24.3 Å². The zero-order chi connectivity index (χ0) is 26.4. The molecule has 204 valence electrons. The number of amides is 1. The van der Waals surface area contributed by atoms with Gasteiger partial charge in [-0.3, -0.25) is 9.59 Å². The Balaban J connectivity index is 0.00000684. The van der Waals surface area contributed by atoms with Gasteiger partial charge in [-0.25, -0.2) is 4.79 Å². The highest BCUT2D eigenvalue weighted by molar-refractivity contribution is 6.30. The van der Waals surface area contributed by atoms with Crippen molar-refractivity contribution in [2.75, 3.05) is 19.9 Å². The van der Waals surface area contributed by atoms with Gasteiger partial charge in [0, 0.05) is 23.6 Å². The van der Waals surface area contributed by atoms with Crippen LogP contribution in [0.3, 0.4) is 0 Å². The summed E-state index contributed by atoms with van der Waals surface area (Å²) in [6.45, 7) is 3.82. The fourth-order valence-corrected chi connectivity index (χ4v) is 3.37. The molecule has 0 spiro atoms. The molecule has 2 aromatic rings. The van der Waals surface area contributed by atoms with E-state index in [4.69, 9.17) is 31.5 Å². The lowest BCUT2D eigenvalue weighted by Crippen LogP contribution is -2.40. The van der Waals surface area contributed by atoms with E-state index in [1.807, 2.05) is 12.1 Å². The molecule has 0 heterocycles. The molecule has 3 N–H and O–H groups in total. The second-order valence-corrected chi connectivity index (χ2v) is 9.22. The van der Waals surface area contributed by atoms with Gasteiger partial charge in [0.2, 0.25) is 6.79 Å². The van der Waals surface area contributed by atoms with Crippen molar-refractivity contribution < 1.29 is 28.6 Å². The fraction of sp³-hybridized carbons (Fsp3) is 0.444. The minimum absolute atomic E-state index is 0. The Morgan fingerprint density at radius 3 is 2.22 bits per heavy atom. The van der Waals surface area contributed by atoms with Crippen LogP contribution in [-0.4, -0.2) is 43.3 Å². The summed E-state index contributed by atoms with van der Waals surface area (Å²) >= 11 is 5.84. The lowest BCUT2D eigenvalue weighted by Gasteiger charge is -2.24. The van der Waals surface area contributed by atoms with Crippen molar-refractivity contribution in [3.8, 4) is 5.75 Å². The molecule has 1 amide bonds. The van der Waals surface area contributed by atoms with Gasteiger partial charge >= 0.3 is 11.9 Å². The fourth-order valence-electron chi connectivity index (χ4n) is 3.25. The maximum Gasteiger partial charge on any atom is 0.352 e. The van der Waals surface area contributed by atoms with Crippen molar-refractivity contribution in [3.05, 3.63) is 64.7 Å². The second-order valence-electron chi connectivity index (χ2n) is 8.79. The van der Waals surface area contributed by atoms with Gasteiger partial charge in [0.1, 0.15) is 5.75 Å². The van der Waals surface area contributed by atoms with Crippen LogP contribution in [-0.2, 0) is 25.5 Å². The Kier molecular flexibility index (Phi) is 14.7. The summed E-state index contributed by atoms with van der Waals surface area (Å²) in [5.41, 5.74) is 5.70. The van der Waals surface area contributed by atoms with Crippen LogP contribution in [0.25, 0.3) is 0 Å². The highest BCUT2D eigenvalue weighted by atomic mass is 35.5. The van der Waals surface area contributed by atoms with Gasteiger partial charge in [0.15, 0.2) is 5.60 Å². The van der Waals surface area contributed by atoms with Crippen LogP contribution in [0.15, 0.2) is 48.5 Å². The topological polar surface area (TPSA) is 117 Å². The van der Waals surface area contributed by atoms with Crippen LogP contribution < -0.4 is 15.8 Å². The SMILES string of the molecule is CC(C)(Oc1ccc(CCNC(=O)c2ccc(Cl)cc2)cc1)C(=O)OCOC(=O)CCCCCCN.Cl. The highest BCUT2D eigenvalue weighted by Gasteiger charge is 2.32. The summed E-state index contributed by atoms with van der Waals surface area (Å²) in [5.74, 6) is -0.734. The van der Waals surface area contributed by atoms with Crippen molar-refractivity contribution in [1.82, 2.24) is 5.32 Å². The van der Waals surface area contributed by atoms with Gasteiger partial charge in [-0.05, 0) is 81.6 Å². The molecule has 0 bridgehead atoms. The summed E-state index contributed by atoms with van der Waals surface area (Å²) in [4.78, 5) is 36.3. The average molecular weight is 555 g/mol. The van der Waals surface area contributed by atoms with Crippen LogP contribution in [0.4, 0.5) is 0 Å². The zero-order valence-corrected chi connectivity index (χ0v) is 22.9. The van der Waals surface area contributed by atoms with Crippen molar-refractivity contribution in [1.29, 1.82) is 0 Å². The molecule has 0 atom stereocenters. The summed E-state index contributed by atoms with van der Waals surface area (Å²) in [5, 5.41) is 3.44. The number of hydrogen-bond acceptors (Lipinski definition) is 7. The average Bonchev–Trinajstić information content (AvgIpc) is 2.85. The molecule has 0 saturated carbocycles. The Bertz CT molecular complexity index is 981. The van der Waals surface area contributed by atoms with E-state index >= 15 is 0 Å². The zero-order valence-electron chi connectivity index (χ0n) is 21.3. The van der Waals surface area contributed by atoms with Crippen LogP contribution in [0.2, 0.25) is 5.02 Å². The highest BCUT2D eigenvalue weighted by Crippen LogP contribution is 2.20. The third-order valence-electron chi connectivity index (χ3n) is 5.34. The van der Waals surface area contributed by atoms with Gasteiger partial charge in [-0.15, -0.1) is 12.4 Å². The standard InChI is InChI=1S/C27H35ClN2O6.ClH/c1-27(2,26(33)35-19-34-24(31)7-5-3-4-6-17-29)36-23-14-8-20(9-15-23)16-18-30-25(32)21-10-12-22(28)13-11-21;/h8-15H,3-7,16-19,29H2,1-2H3,(H,30,32);1H. The quantitative estimate of drug-likeness (QED) is 0.183. The molecule has 0 radical (unpaired) electrons. The molecule has 0 aliphatic heterocycles. The minimum atomic E-state index is -1.28. The van der Waals surface area contributed by atoms with E-state index in [1.54, 1.807) is 50.2 Å². The first-order valence-electron chi connectivity index (χ1n) is 12.1. The molecule has 0 aliphatic carbocycles. The first-order valence-corrected chi connectivity index (χ1v) is 12.4. The number of benzene rings is 2. The second kappa shape index (κ2) is 16.8. The number of nitrogens with two attached hydrogens (primary N) is 1. The van der Waals surface area contributed by atoms with E-state index in [1.165, 1.54) is 0 Å². The molecule has 0 saturated heterocycles. The molecule has 37 heavy (non-hydrogen) atoms. The predicted molar refractivity (Wildman–Crippen MR) is 145 cm³/mol. The van der Waals surface area contributed by atoms with Crippen LogP contribution >= 0.6 is 24.0 Å². The van der Waals surface area contributed by atoms with E-state index in [-0.39, 0.29) is 24.7 Å². The molecule has 2 aromatic carbocycles.